The summed E-state index contributed by atoms with van der Waals surface area (Å²) >= 11 is 0. The number of nitrogens with one attached hydrogen (secondary N) is 1. The van der Waals surface area contributed by atoms with Gasteiger partial charge in [0.15, 0.2) is 0 Å². The molecule has 0 saturated carbocycles. The third kappa shape index (κ3) is 4.29. The number of hydrogen-bond donors (Lipinski definition) is 1. The van der Waals surface area contributed by atoms with E-state index in [-0.39, 0.29) is 24.2 Å². The van der Waals surface area contributed by atoms with Crippen molar-refractivity contribution < 1.29 is 18.4 Å². The van der Waals surface area contributed by atoms with E-state index in [0.29, 0.717) is 22.7 Å². The van der Waals surface area contributed by atoms with Crippen LogP contribution in [0.25, 0.3) is 23.0 Å². The molecule has 1 amide bonds. The summed E-state index contributed by atoms with van der Waals surface area (Å²) in [6.45, 7) is 0.0544. The lowest BCUT2D eigenvalue weighted by Gasteiger charge is -2.07. The van der Waals surface area contributed by atoms with Gasteiger partial charge in [-0.25, -0.2) is 9.37 Å². The molecule has 1 N–H and O–H groups in total. The maximum absolute atomic E-state index is 13.4. The van der Waals surface area contributed by atoms with Crippen LogP contribution < -0.4 is 10.1 Å². The first-order chi connectivity index (χ1) is 14.1. The number of anilines is 1. The number of benzene rings is 2. The summed E-state index contributed by atoms with van der Waals surface area (Å²) in [5.41, 5.74) is 1.54. The zero-order valence-electron chi connectivity index (χ0n) is 15.4. The lowest BCUT2D eigenvalue weighted by Crippen LogP contribution is -2.17. The molecule has 2 aromatic heterocycles. The van der Waals surface area contributed by atoms with E-state index in [0.717, 1.165) is 0 Å². The standard InChI is InChI=1S/C20H16FN5O3/c1-28-16-7-3-6-15(9-16)23-18(27)11-26-10-17(22-12-26)19-24-20(29-25-19)13-4-2-5-14(21)8-13/h2-10,12H,11H2,1H3,(H,23,27). The number of hydrogen-bond acceptors (Lipinski definition) is 6. The highest BCUT2D eigenvalue weighted by molar-refractivity contribution is 5.90. The Morgan fingerprint density at radius 2 is 2.10 bits per heavy atom. The predicted octanol–water partition coefficient (Wildman–Crippen LogP) is 3.39. The van der Waals surface area contributed by atoms with Gasteiger partial charge in [-0.3, -0.25) is 4.79 Å². The molecule has 0 bridgehead atoms. The normalized spacial score (nSPS) is 10.7. The van der Waals surface area contributed by atoms with E-state index in [4.69, 9.17) is 9.26 Å². The lowest BCUT2D eigenvalue weighted by molar-refractivity contribution is -0.116. The van der Waals surface area contributed by atoms with E-state index < -0.39 is 5.82 Å². The van der Waals surface area contributed by atoms with Gasteiger partial charge in [-0.15, -0.1) is 0 Å². The van der Waals surface area contributed by atoms with Gasteiger partial charge in [0.25, 0.3) is 5.89 Å². The number of halogens is 1. The van der Waals surface area contributed by atoms with Crippen molar-refractivity contribution in [3.63, 3.8) is 0 Å². The number of carbonyl (C=O) groups is 1. The zero-order chi connectivity index (χ0) is 20.2. The average molecular weight is 393 g/mol. The molecule has 0 aliphatic heterocycles. The van der Waals surface area contributed by atoms with Crippen LogP contribution in [0.4, 0.5) is 10.1 Å². The van der Waals surface area contributed by atoms with Crippen LogP contribution in [0.3, 0.4) is 0 Å². The Kier molecular flexibility index (Phi) is 5.02. The third-order valence-electron chi connectivity index (χ3n) is 4.04. The first kappa shape index (κ1) is 18.4. The number of nitrogens with zero attached hydrogens (tertiary/aromatic N) is 4. The number of amides is 1. The third-order valence-corrected chi connectivity index (χ3v) is 4.04. The molecule has 0 atom stereocenters. The van der Waals surface area contributed by atoms with Crippen LogP contribution in [0.15, 0.2) is 65.6 Å². The van der Waals surface area contributed by atoms with Crippen LogP contribution in [0, 0.1) is 5.82 Å². The fourth-order valence-electron chi connectivity index (χ4n) is 2.70. The molecule has 146 valence electrons. The van der Waals surface area contributed by atoms with Gasteiger partial charge < -0.3 is 19.1 Å². The molecular formula is C20H16FN5O3. The van der Waals surface area contributed by atoms with Gasteiger partial charge in [-0.05, 0) is 30.3 Å². The number of imidazole rings is 1. The summed E-state index contributed by atoms with van der Waals surface area (Å²) in [5.74, 6) is 0.462. The van der Waals surface area contributed by atoms with Gasteiger partial charge in [0.2, 0.25) is 11.7 Å². The van der Waals surface area contributed by atoms with Crippen molar-refractivity contribution in [2.45, 2.75) is 6.54 Å². The van der Waals surface area contributed by atoms with Gasteiger partial charge in [0, 0.05) is 23.5 Å². The van der Waals surface area contributed by atoms with Crippen LogP contribution in [0.5, 0.6) is 5.75 Å². The van der Waals surface area contributed by atoms with Gasteiger partial charge in [-0.2, -0.15) is 4.98 Å². The van der Waals surface area contributed by atoms with Crippen LogP contribution >= 0.6 is 0 Å². The smallest absolute Gasteiger partial charge is 0.258 e. The largest absolute Gasteiger partial charge is 0.497 e. The van der Waals surface area contributed by atoms with Crippen molar-refractivity contribution in [3.05, 3.63) is 66.9 Å². The Balaban J connectivity index is 1.44. The van der Waals surface area contributed by atoms with Gasteiger partial charge in [0.1, 0.15) is 23.8 Å². The molecule has 0 saturated heterocycles. The number of carbonyl (C=O) groups excluding carboxylic acids is 1. The quantitative estimate of drug-likeness (QED) is 0.540. The molecule has 2 heterocycles. The molecule has 29 heavy (non-hydrogen) atoms. The predicted molar refractivity (Wildman–Crippen MR) is 103 cm³/mol. The molecule has 0 spiro atoms. The molecular weight excluding hydrogens is 377 g/mol. The van der Waals surface area contributed by atoms with E-state index in [1.54, 1.807) is 54.3 Å². The molecule has 4 aromatic rings. The minimum atomic E-state index is -0.395. The first-order valence-electron chi connectivity index (χ1n) is 8.66. The van der Waals surface area contributed by atoms with Crippen LogP contribution in [-0.4, -0.2) is 32.7 Å². The average Bonchev–Trinajstić information content (AvgIpc) is 3.37. The van der Waals surface area contributed by atoms with E-state index in [1.165, 1.54) is 18.5 Å². The molecule has 2 aromatic carbocycles. The number of methoxy groups -OCH3 is 1. The molecule has 9 heteroatoms. The molecule has 0 unspecified atom stereocenters. The van der Waals surface area contributed by atoms with E-state index >= 15 is 0 Å². The fourth-order valence-corrected chi connectivity index (χ4v) is 2.70. The van der Waals surface area contributed by atoms with Gasteiger partial charge in [-0.1, -0.05) is 17.3 Å². The molecule has 4 rings (SSSR count). The Labute approximate surface area is 165 Å². The second kappa shape index (κ2) is 7.93. The molecule has 0 aliphatic carbocycles. The van der Waals surface area contributed by atoms with Crippen molar-refractivity contribution in [1.29, 1.82) is 0 Å². The Morgan fingerprint density at radius 1 is 1.24 bits per heavy atom. The Bertz CT molecular complexity index is 1150. The van der Waals surface area contributed by atoms with Crippen molar-refractivity contribution in [2.24, 2.45) is 0 Å². The van der Waals surface area contributed by atoms with Gasteiger partial charge >= 0.3 is 0 Å². The minimum absolute atomic E-state index is 0.0544. The SMILES string of the molecule is COc1cccc(NC(=O)Cn2cnc(-c3noc(-c4cccc(F)c4)n3)c2)c1. The molecule has 0 radical (unpaired) electrons. The minimum Gasteiger partial charge on any atom is -0.497 e. The maximum Gasteiger partial charge on any atom is 0.258 e. The highest BCUT2D eigenvalue weighted by Crippen LogP contribution is 2.22. The van der Waals surface area contributed by atoms with Crippen LogP contribution in [-0.2, 0) is 11.3 Å². The number of ether oxygens (including phenoxy) is 1. The second-order valence-corrected chi connectivity index (χ2v) is 6.14. The van der Waals surface area contributed by atoms with Crippen molar-refractivity contribution in [2.75, 3.05) is 12.4 Å². The van der Waals surface area contributed by atoms with Crippen LogP contribution in [0.2, 0.25) is 0 Å². The Hall–Kier alpha value is -4.01. The zero-order valence-corrected chi connectivity index (χ0v) is 15.4. The van der Waals surface area contributed by atoms with Gasteiger partial charge in [0.05, 0.1) is 13.4 Å². The molecule has 0 fully saturated rings. The van der Waals surface area contributed by atoms with Crippen molar-refractivity contribution >= 4 is 11.6 Å². The molecule has 8 nitrogen and oxygen atoms in total. The van der Waals surface area contributed by atoms with Crippen molar-refractivity contribution in [3.8, 4) is 28.7 Å². The van der Waals surface area contributed by atoms with E-state index in [9.17, 15) is 9.18 Å². The Morgan fingerprint density at radius 3 is 2.93 bits per heavy atom. The topological polar surface area (TPSA) is 95.1 Å². The van der Waals surface area contributed by atoms with Crippen molar-refractivity contribution in [1.82, 2.24) is 19.7 Å². The highest BCUT2D eigenvalue weighted by atomic mass is 19.1. The van der Waals surface area contributed by atoms with Crippen LogP contribution in [0.1, 0.15) is 0 Å². The summed E-state index contributed by atoms with van der Waals surface area (Å²) < 4.78 is 25.3. The summed E-state index contributed by atoms with van der Waals surface area (Å²) in [7, 11) is 1.56. The van der Waals surface area contributed by atoms with E-state index in [1.807, 2.05) is 0 Å². The monoisotopic (exact) mass is 393 g/mol. The highest BCUT2D eigenvalue weighted by Gasteiger charge is 2.14. The summed E-state index contributed by atoms with van der Waals surface area (Å²) in [6.07, 6.45) is 3.13. The molecule has 0 aliphatic rings. The van der Waals surface area contributed by atoms with E-state index in [2.05, 4.69) is 20.4 Å². The first-order valence-corrected chi connectivity index (χ1v) is 8.66. The number of aromatic nitrogens is 4. The number of rotatable bonds is 6. The summed E-state index contributed by atoms with van der Waals surface area (Å²) in [4.78, 5) is 20.7. The summed E-state index contributed by atoms with van der Waals surface area (Å²) in [6, 6.07) is 12.9. The summed E-state index contributed by atoms with van der Waals surface area (Å²) in [5, 5.41) is 6.67. The maximum atomic E-state index is 13.4. The second-order valence-electron chi connectivity index (χ2n) is 6.14. The lowest BCUT2D eigenvalue weighted by atomic mass is 10.2. The fraction of sp³-hybridized carbons (Fsp3) is 0.100.